The van der Waals surface area contributed by atoms with Crippen LogP contribution in [0.4, 0.5) is 0 Å². The third kappa shape index (κ3) is 1.78. The number of rotatable bonds is 3. The van der Waals surface area contributed by atoms with Gasteiger partial charge >= 0.3 is 0 Å². The molecular formula is C6H10N4. The molecule has 54 valence electrons. The lowest BCUT2D eigenvalue weighted by Crippen LogP contribution is -2.19. The van der Waals surface area contributed by atoms with Crippen LogP contribution in [0, 0.1) is 11.3 Å². The average molecular weight is 138 g/mol. The van der Waals surface area contributed by atoms with Crippen molar-refractivity contribution in [2.75, 3.05) is 0 Å². The second-order valence-electron chi connectivity index (χ2n) is 2.69. The first-order chi connectivity index (χ1) is 4.66. The monoisotopic (exact) mass is 138 g/mol. The van der Waals surface area contributed by atoms with Gasteiger partial charge in [-0.2, -0.15) is 15.5 Å². The molecule has 0 bridgehead atoms. The predicted molar refractivity (Wildman–Crippen MR) is 36.1 cm³/mol. The third-order valence-corrected chi connectivity index (χ3v) is 1.54. The van der Waals surface area contributed by atoms with E-state index in [4.69, 9.17) is 11.0 Å². The smallest absolute Gasteiger partial charge is 0.188 e. The summed E-state index contributed by atoms with van der Waals surface area (Å²) in [6.07, 6.45) is 1.47. The summed E-state index contributed by atoms with van der Waals surface area (Å²) in [5, 5.41) is 15.9. The van der Waals surface area contributed by atoms with Gasteiger partial charge in [-0.05, 0) is 19.8 Å². The van der Waals surface area contributed by atoms with Crippen LogP contribution in [0.5, 0.6) is 0 Å². The van der Waals surface area contributed by atoms with E-state index in [0.29, 0.717) is 6.42 Å². The van der Waals surface area contributed by atoms with Crippen LogP contribution in [0.3, 0.4) is 0 Å². The third-order valence-electron chi connectivity index (χ3n) is 1.54. The van der Waals surface area contributed by atoms with E-state index in [1.807, 2.05) is 13.0 Å². The van der Waals surface area contributed by atoms with E-state index in [1.165, 1.54) is 0 Å². The Bertz CT molecular complexity index is 184. The van der Waals surface area contributed by atoms with E-state index >= 15 is 0 Å². The van der Waals surface area contributed by atoms with E-state index in [9.17, 15) is 0 Å². The molecule has 0 amide bonds. The molecule has 0 fully saturated rings. The number of nitrogens with zero attached hydrogens (tertiary/aromatic N) is 3. The Kier molecular flexibility index (Phi) is 1.68. The fraction of sp³-hybridized carbons (Fsp3) is 0.833. The van der Waals surface area contributed by atoms with E-state index in [1.54, 1.807) is 0 Å². The molecule has 0 aromatic rings. The molecule has 1 aliphatic rings. The van der Waals surface area contributed by atoms with Gasteiger partial charge in [-0.25, -0.2) is 0 Å². The maximum atomic E-state index is 8.32. The van der Waals surface area contributed by atoms with E-state index in [-0.39, 0.29) is 11.7 Å². The molecule has 0 radical (unpaired) electrons. The minimum Gasteiger partial charge on any atom is -0.316 e. The van der Waals surface area contributed by atoms with Crippen molar-refractivity contribution in [3.63, 3.8) is 0 Å². The number of hydrogen-bond acceptors (Lipinski definition) is 4. The molecule has 0 spiro atoms. The summed E-state index contributed by atoms with van der Waals surface area (Å²) in [4.78, 5) is 0. The second kappa shape index (κ2) is 2.35. The highest BCUT2D eigenvalue weighted by Gasteiger charge is 2.33. The lowest BCUT2D eigenvalue weighted by molar-refractivity contribution is 0.546. The summed E-state index contributed by atoms with van der Waals surface area (Å²) < 4.78 is 0. The fourth-order valence-corrected chi connectivity index (χ4v) is 0.679. The number of nitrogens with two attached hydrogens (primary N) is 1. The van der Waals surface area contributed by atoms with Crippen LogP contribution in [-0.2, 0) is 0 Å². The molecule has 4 heteroatoms. The Hall–Kier alpha value is -0.950. The standard InChI is InChI=1S/C6H10N4/c1-6(9-10-6)3-2-5(8)4-7/h5H,2-3,8H2,1H3. The van der Waals surface area contributed by atoms with Crippen molar-refractivity contribution in [3.8, 4) is 6.07 Å². The fourth-order valence-electron chi connectivity index (χ4n) is 0.679. The van der Waals surface area contributed by atoms with Gasteiger partial charge in [0.05, 0.1) is 12.1 Å². The van der Waals surface area contributed by atoms with Crippen molar-refractivity contribution in [3.05, 3.63) is 0 Å². The van der Waals surface area contributed by atoms with Crippen molar-refractivity contribution in [1.29, 1.82) is 5.26 Å². The highest BCUT2D eigenvalue weighted by molar-refractivity contribution is 4.93. The Balaban J connectivity index is 2.12. The summed E-state index contributed by atoms with van der Waals surface area (Å²) in [6, 6.07) is 1.60. The van der Waals surface area contributed by atoms with Gasteiger partial charge in [-0.1, -0.05) is 0 Å². The van der Waals surface area contributed by atoms with Crippen LogP contribution < -0.4 is 5.73 Å². The zero-order chi connectivity index (χ0) is 7.61. The van der Waals surface area contributed by atoms with Crippen molar-refractivity contribution < 1.29 is 0 Å². The van der Waals surface area contributed by atoms with Crippen molar-refractivity contribution >= 4 is 0 Å². The van der Waals surface area contributed by atoms with Gasteiger partial charge in [0.15, 0.2) is 5.66 Å². The summed E-state index contributed by atoms with van der Waals surface area (Å²) in [7, 11) is 0. The maximum Gasteiger partial charge on any atom is 0.188 e. The van der Waals surface area contributed by atoms with Gasteiger partial charge in [0.25, 0.3) is 0 Å². The van der Waals surface area contributed by atoms with Gasteiger partial charge in [0.1, 0.15) is 0 Å². The number of hydrogen-bond donors (Lipinski definition) is 1. The van der Waals surface area contributed by atoms with E-state index < -0.39 is 0 Å². The SMILES string of the molecule is CC1(CCC(N)C#N)N=N1. The molecule has 10 heavy (non-hydrogen) atoms. The molecule has 1 rings (SSSR count). The Labute approximate surface area is 59.7 Å². The van der Waals surface area contributed by atoms with Gasteiger partial charge in [0, 0.05) is 0 Å². The molecule has 0 aromatic carbocycles. The van der Waals surface area contributed by atoms with E-state index in [2.05, 4.69) is 10.2 Å². The maximum absolute atomic E-state index is 8.32. The molecular weight excluding hydrogens is 128 g/mol. The van der Waals surface area contributed by atoms with Crippen LogP contribution in [0.1, 0.15) is 19.8 Å². The highest BCUT2D eigenvalue weighted by Crippen LogP contribution is 2.32. The van der Waals surface area contributed by atoms with Crippen molar-refractivity contribution in [2.24, 2.45) is 16.0 Å². The molecule has 1 unspecified atom stereocenters. The quantitative estimate of drug-likeness (QED) is 0.626. The Morgan fingerprint density at radius 2 is 2.30 bits per heavy atom. The summed E-state index contributed by atoms with van der Waals surface area (Å²) in [5.41, 5.74) is 5.16. The first kappa shape index (κ1) is 7.16. The zero-order valence-corrected chi connectivity index (χ0v) is 5.91. The predicted octanol–water partition coefficient (Wildman–Crippen LogP) is 0.799. The summed E-state index contributed by atoms with van der Waals surface area (Å²) in [5.74, 6) is 0. The Morgan fingerprint density at radius 1 is 1.70 bits per heavy atom. The minimum absolute atomic E-state index is 0.200. The molecule has 0 aliphatic carbocycles. The largest absolute Gasteiger partial charge is 0.316 e. The van der Waals surface area contributed by atoms with Gasteiger partial charge in [-0.15, -0.1) is 0 Å². The van der Waals surface area contributed by atoms with Crippen LogP contribution >= 0.6 is 0 Å². The molecule has 1 atom stereocenters. The van der Waals surface area contributed by atoms with Gasteiger partial charge in [-0.3, -0.25) is 0 Å². The van der Waals surface area contributed by atoms with Crippen LogP contribution in [-0.4, -0.2) is 11.7 Å². The Morgan fingerprint density at radius 3 is 2.70 bits per heavy atom. The first-order valence-corrected chi connectivity index (χ1v) is 3.25. The topological polar surface area (TPSA) is 74.5 Å². The normalized spacial score (nSPS) is 21.7. The van der Waals surface area contributed by atoms with Crippen LogP contribution in [0.2, 0.25) is 0 Å². The highest BCUT2D eigenvalue weighted by atomic mass is 15.4. The molecule has 1 aliphatic heterocycles. The first-order valence-electron chi connectivity index (χ1n) is 3.25. The van der Waals surface area contributed by atoms with Crippen molar-refractivity contribution in [2.45, 2.75) is 31.5 Å². The van der Waals surface area contributed by atoms with Crippen LogP contribution in [0.25, 0.3) is 0 Å². The lowest BCUT2D eigenvalue weighted by Gasteiger charge is -2.03. The van der Waals surface area contributed by atoms with Gasteiger partial charge < -0.3 is 5.73 Å². The summed E-state index contributed by atoms with van der Waals surface area (Å²) >= 11 is 0. The molecule has 1 heterocycles. The van der Waals surface area contributed by atoms with Crippen LogP contribution in [0.15, 0.2) is 10.2 Å². The molecule has 4 nitrogen and oxygen atoms in total. The van der Waals surface area contributed by atoms with Gasteiger partial charge in [0.2, 0.25) is 0 Å². The molecule has 0 saturated carbocycles. The average Bonchev–Trinajstić information content (AvgIpc) is 2.64. The molecule has 0 aromatic heterocycles. The summed E-state index contributed by atoms with van der Waals surface area (Å²) in [6.45, 7) is 1.93. The number of nitriles is 1. The second-order valence-corrected chi connectivity index (χ2v) is 2.69. The zero-order valence-electron chi connectivity index (χ0n) is 5.91. The lowest BCUT2D eigenvalue weighted by atomic mass is 10.1. The van der Waals surface area contributed by atoms with E-state index in [0.717, 1.165) is 6.42 Å². The minimum atomic E-state index is -0.358. The molecule has 0 saturated heterocycles. The molecule has 2 N–H and O–H groups in total. The van der Waals surface area contributed by atoms with Crippen molar-refractivity contribution in [1.82, 2.24) is 0 Å².